The zero-order valence-electron chi connectivity index (χ0n) is 8.91. The molecule has 88 valence electrons. The van der Waals surface area contributed by atoms with Gasteiger partial charge in [0.1, 0.15) is 0 Å². The predicted molar refractivity (Wildman–Crippen MR) is 54.5 cm³/mol. The van der Waals surface area contributed by atoms with Crippen LogP contribution in [0.4, 0.5) is 8.78 Å². The number of hydrogen-bond acceptors (Lipinski definition) is 2. The van der Waals surface area contributed by atoms with E-state index in [2.05, 4.69) is 0 Å². The summed E-state index contributed by atoms with van der Waals surface area (Å²) in [6, 6.07) is 3.49. The van der Waals surface area contributed by atoms with Gasteiger partial charge < -0.3 is 10.0 Å². The lowest BCUT2D eigenvalue weighted by atomic mass is 10.2. The molecule has 1 rings (SSSR count). The molecule has 0 radical (unpaired) electrons. The molecule has 0 spiro atoms. The van der Waals surface area contributed by atoms with Gasteiger partial charge in [0, 0.05) is 20.0 Å². The number of nitrogens with zero attached hydrogens (tertiary/aromatic N) is 1. The van der Waals surface area contributed by atoms with Gasteiger partial charge in [-0.15, -0.1) is 0 Å². The molecule has 0 aromatic heterocycles. The Morgan fingerprint density at radius 1 is 1.38 bits per heavy atom. The van der Waals surface area contributed by atoms with Crippen LogP contribution in [0.2, 0.25) is 0 Å². The number of benzene rings is 1. The SMILES string of the molecule is CN(Cc1ccc(F)c(F)c1)C(=O)CCO. The van der Waals surface area contributed by atoms with Crippen LogP contribution in [0.5, 0.6) is 0 Å². The Hall–Kier alpha value is -1.49. The first kappa shape index (κ1) is 12.6. The number of aliphatic hydroxyl groups excluding tert-OH is 1. The van der Waals surface area contributed by atoms with E-state index in [-0.39, 0.29) is 25.5 Å². The molecule has 1 aromatic rings. The minimum Gasteiger partial charge on any atom is -0.396 e. The number of carbonyl (C=O) groups excluding carboxylic acids is 1. The summed E-state index contributed by atoms with van der Waals surface area (Å²) in [6.45, 7) is -0.0308. The van der Waals surface area contributed by atoms with Gasteiger partial charge in [0.2, 0.25) is 5.91 Å². The number of hydrogen-bond donors (Lipinski definition) is 1. The summed E-state index contributed by atoms with van der Waals surface area (Å²) in [5.74, 6) is -2.08. The molecular formula is C11H13F2NO2. The highest BCUT2D eigenvalue weighted by Gasteiger charge is 2.09. The highest BCUT2D eigenvalue weighted by Crippen LogP contribution is 2.10. The lowest BCUT2D eigenvalue weighted by Crippen LogP contribution is -2.26. The van der Waals surface area contributed by atoms with Crippen molar-refractivity contribution in [2.75, 3.05) is 13.7 Å². The molecule has 0 unspecified atom stereocenters. The molecule has 0 aliphatic heterocycles. The summed E-state index contributed by atoms with van der Waals surface area (Å²) < 4.78 is 25.5. The average Bonchev–Trinajstić information content (AvgIpc) is 2.24. The zero-order chi connectivity index (χ0) is 12.1. The van der Waals surface area contributed by atoms with Crippen LogP contribution in [0.25, 0.3) is 0 Å². The Balaban J connectivity index is 2.66. The maximum atomic E-state index is 12.9. The fraction of sp³-hybridized carbons (Fsp3) is 0.364. The normalized spacial score (nSPS) is 10.2. The standard InChI is InChI=1S/C11H13F2NO2/c1-14(11(16)4-5-15)7-8-2-3-9(12)10(13)6-8/h2-3,6,15H,4-5,7H2,1H3. The molecule has 0 atom stereocenters. The van der Waals surface area contributed by atoms with E-state index in [4.69, 9.17) is 5.11 Å². The summed E-state index contributed by atoms with van der Waals surface area (Å²) >= 11 is 0. The minimum atomic E-state index is -0.930. The Morgan fingerprint density at radius 2 is 2.06 bits per heavy atom. The molecular weight excluding hydrogens is 216 g/mol. The Kier molecular flexibility index (Phi) is 4.37. The highest BCUT2D eigenvalue weighted by molar-refractivity contribution is 5.75. The lowest BCUT2D eigenvalue weighted by molar-refractivity contribution is -0.131. The van der Waals surface area contributed by atoms with Crippen LogP contribution in [-0.2, 0) is 11.3 Å². The van der Waals surface area contributed by atoms with Gasteiger partial charge in [0.05, 0.1) is 6.61 Å². The Labute approximate surface area is 92.3 Å². The first-order valence-electron chi connectivity index (χ1n) is 4.83. The van der Waals surface area contributed by atoms with Crippen LogP contribution >= 0.6 is 0 Å². The van der Waals surface area contributed by atoms with E-state index in [9.17, 15) is 13.6 Å². The number of halogens is 2. The van der Waals surface area contributed by atoms with Gasteiger partial charge in [-0.2, -0.15) is 0 Å². The van der Waals surface area contributed by atoms with Crippen molar-refractivity contribution in [1.29, 1.82) is 0 Å². The van der Waals surface area contributed by atoms with Crippen molar-refractivity contribution in [2.24, 2.45) is 0 Å². The molecule has 0 aliphatic rings. The molecule has 0 fully saturated rings. The van der Waals surface area contributed by atoms with Crippen molar-refractivity contribution in [3.05, 3.63) is 35.4 Å². The van der Waals surface area contributed by atoms with E-state index in [1.165, 1.54) is 11.0 Å². The van der Waals surface area contributed by atoms with E-state index in [0.29, 0.717) is 5.56 Å². The van der Waals surface area contributed by atoms with Gasteiger partial charge in [-0.1, -0.05) is 6.07 Å². The molecule has 0 saturated carbocycles. The molecule has 1 aromatic carbocycles. The van der Waals surface area contributed by atoms with Crippen molar-refractivity contribution in [3.8, 4) is 0 Å². The van der Waals surface area contributed by atoms with Crippen LogP contribution in [0.15, 0.2) is 18.2 Å². The van der Waals surface area contributed by atoms with Crippen molar-refractivity contribution < 1.29 is 18.7 Å². The quantitative estimate of drug-likeness (QED) is 0.845. The third-order valence-electron chi connectivity index (χ3n) is 2.16. The summed E-state index contributed by atoms with van der Waals surface area (Å²) in [7, 11) is 1.54. The smallest absolute Gasteiger partial charge is 0.224 e. The maximum absolute atomic E-state index is 12.9. The fourth-order valence-electron chi connectivity index (χ4n) is 1.29. The molecule has 5 heteroatoms. The second kappa shape index (κ2) is 5.55. The fourth-order valence-corrected chi connectivity index (χ4v) is 1.29. The van der Waals surface area contributed by atoms with Gasteiger partial charge in [0.15, 0.2) is 11.6 Å². The zero-order valence-corrected chi connectivity index (χ0v) is 8.91. The van der Waals surface area contributed by atoms with Crippen molar-refractivity contribution in [3.63, 3.8) is 0 Å². The monoisotopic (exact) mass is 229 g/mol. The van der Waals surface area contributed by atoms with Crippen molar-refractivity contribution >= 4 is 5.91 Å². The van der Waals surface area contributed by atoms with Crippen LogP contribution < -0.4 is 0 Å². The highest BCUT2D eigenvalue weighted by atomic mass is 19.2. The van der Waals surface area contributed by atoms with Crippen LogP contribution in [0, 0.1) is 11.6 Å². The number of aliphatic hydroxyl groups is 1. The molecule has 0 saturated heterocycles. The molecule has 0 aliphatic carbocycles. The largest absolute Gasteiger partial charge is 0.396 e. The van der Waals surface area contributed by atoms with Crippen molar-refractivity contribution in [1.82, 2.24) is 4.90 Å². The number of rotatable bonds is 4. The number of carbonyl (C=O) groups is 1. The van der Waals surface area contributed by atoms with Gasteiger partial charge in [-0.05, 0) is 17.7 Å². The first-order valence-corrected chi connectivity index (χ1v) is 4.83. The first-order chi connectivity index (χ1) is 7.54. The van der Waals surface area contributed by atoms with Crippen molar-refractivity contribution in [2.45, 2.75) is 13.0 Å². The summed E-state index contributed by atoms with van der Waals surface area (Å²) in [6.07, 6.45) is 0.0280. The summed E-state index contributed by atoms with van der Waals surface area (Å²) in [5, 5.41) is 8.58. The van der Waals surface area contributed by atoms with Gasteiger partial charge in [-0.3, -0.25) is 4.79 Å². The van der Waals surface area contributed by atoms with Gasteiger partial charge >= 0.3 is 0 Å². The molecule has 16 heavy (non-hydrogen) atoms. The molecule has 0 bridgehead atoms. The Morgan fingerprint density at radius 3 is 2.62 bits per heavy atom. The van der Waals surface area contributed by atoms with E-state index in [1.54, 1.807) is 7.05 Å². The number of amides is 1. The third-order valence-corrected chi connectivity index (χ3v) is 2.16. The van der Waals surface area contributed by atoms with E-state index in [1.807, 2.05) is 0 Å². The predicted octanol–water partition coefficient (Wildman–Crippen LogP) is 1.31. The molecule has 0 heterocycles. The average molecular weight is 229 g/mol. The molecule has 1 amide bonds. The van der Waals surface area contributed by atoms with Gasteiger partial charge in [0.25, 0.3) is 0 Å². The second-order valence-electron chi connectivity index (χ2n) is 3.47. The second-order valence-corrected chi connectivity index (χ2v) is 3.47. The van der Waals surface area contributed by atoms with Crippen LogP contribution in [0.3, 0.4) is 0 Å². The molecule has 3 nitrogen and oxygen atoms in total. The van der Waals surface area contributed by atoms with E-state index >= 15 is 0 Å². The van der Waals surface area contributed by atoms with Crippen LogP contribution in [0.1, 0.15) is 12.0 Å². The van der Waals surface area contributed by atoms with E-state index in [0.717, 1.165) is 12.1 Å². The summed E-state index contributed by atoms with van der Waals surface area (Å²) in [4.78, 5) is 12.6. The topological polar surface area (TPSA) is 40.5 Å². The van der Waals surface area contributed by atoms with E-state index < -0.39 is 11.6 Å². The third kappa shape index (κ3) is 3.27. The molecule has 1 N–H and O–H groups in total. The Bertz CT molecular complexity index is 382. The summed E-state index contributed by atoms with van der Waals surface area (Å²) in [5.41, 5.74) is 0.507. The minimum absolute atomic E-state index is 0.0280. The van der Waals surface area contributed by atoms with Gasteiger partial charge in [-0.25, -0.2) is 8.78 Å². The lowest BCUT2D eigenvalue weighted by Gasteiger charge is -2.16. The van der Waals surface area contributed by atoms with Crippen LogP contribution in [-0.4, -0.2) is 29.6 Å². The maximum Gasteiger partial charge on any atom is 0.224 e.